The predicted octanol–water partition coefficient (Wildman–Crippen LogP) is 1.12. The van der Waals surface area contributed by atoms with Gasteiger partial charge in [0.25, 0.3) is 0 Å². The summed E-state index contributed by atoms with van der Waals surface area (Å²) in [5.41, 5.74) is 2.01. The first-order chi connectivity index (χ1) is 8.97. The van der Waals surface area contributed by atoms with Crippen LogP contribution in [0, 0.1) is 6.92 Å². The molecule has 19 heavy (non-hydrogen) atoms. The Morgan fingerprint density at radius 2 is 2.21 bits per heavy atom. The Hall–Kier alpha value is -2.04. The number of likely N-dealkylation sites (N-methyl/N-ethyl adjacent to an activating group) is 1. The number of rotatable bonds is 3. The molecule has 0 bridgehead atoms. The molecule has 1 amide bonds. The summed E-state index contributed by atoms with van der Waals surface area (Å²) in [6.07, 6.45) is 0.0333. The number of carboxylic acids is 1. The van der Waals surface area contributed by atoms with Crippen LogP contribution in [0.4, 0.5) is 5.69 Å². The van der Waals surface area contributed by atoms with E-state index in [0.717, 1.165) is 11.3 Å². The van der Waals surface area contributed by atoms with Gasteiger partial charge in [0.2, 0.25) is 5.91 Å². The second-order valence-corrected chi connectivity index (χ2v) is 4.99. The zero-order valence-electron chi connectivity index (χ0n) is 11.2. The Morgan fingerprint density at radius 3 is 2.84 bits per heavy atom. The summed E-state index contributed by atoms with van der Waals surface area (Å²) in [6.45, 7) is 2.66. The van der Waals surface area contributed by atoms with Gasteiger partial charge in [-0.2, -0.15) is 0 Å². The molecular weight excluding hydrogens is 244 g/mol. The van der Waals surface area contributed by atoms with E-state index in [-0.39, 0.29) is 24.9 Å². The van der Waals surface area contributed by atoms with E-state index in [2.05, 4.69) is 0 Å². The van der Waals surface area contributed by atoms with E-state index in [0.29, 0.717) is 6.54 Å². The molecule has 1 aromatic carbocycles. The smallest absolute Gasteiger partial charge is 0.305 e. The van der Waals surface area contributed by atoms with Crippen LogP contribution in [0.15, 0.2) is 24.3 Å². The maximum atomic E-state index is 11.8. The summed E-state index contributed by atoms with van der Waals surface area (Å²) >= 11 is 0. The largest absolute Gasteiger partial charge is 0.481 e. The third-order valence-electron chi connectivity index (χ3n) is 3.40. The first-order valence-electron chi connectivity index (χ1n) is 6.26. The normalized spacial score (nSPS) is 19.7. The third-order valence-corrected chi connectivity index (χ3v) is 3.40. The molecule has 1 N–H and O–H groups in total. The minimum Gasteiger partial charge on any atom is -0.481 e. The highest BCUT2D eigenvalue weighted by Crippen LogP contribution is 2.23. The monoisotopic (exact) mass is 262 g/mol. The van der Waals surface area contributed by atoms with E-state index in [1.54, 1.807) is 11.9 Å². The molecule has 0 radical (unpaired) electrons. The molecule has 1 heterocycles. The van der Waals surface area contributed by atoms with Crippen molar-refractivity contribution in [3.8, 4) is 0 Å². The number of hydrogen-bond acceptors (Lipinski definition) is 3. The van der Waals surface area contributed by atoms with Crippen molar-refractivity contribution in [3.05, 3.63) is 29.8 Å². The first-order valence-corrected chi connectivity index (χ1v) is 6.26. The minimum atomic E-state index is -0.842. The lowest BCUT2D eigenvalue weighted by molar-refractivity contribution is -0.139. The van der Waals surface area contributed by atoms with Crippen molar-refractivity contribution in [2.24, 2.45) is 0 Å². The summed E-state index contributed by atoms with van der Waals surface area (Å²) in [4.78, 5) is 26.3. The van der Waals surface area contributed by atoms with Crippen LogP contribution in [0.25, 0.3) is 0 Å². The van der Waals surface area contributed by atoms with Crippen molar-refractivity contribution >= 4 is 17.6 Å². The number of piperazine rings is 1. The van der Waals surface area contributed by atoms with Crippen LogP contribution in [0.3, 0.4) is 0 Å². The van der Waals surface area contributed by atoms with Crippen molar-refractivity contribution in [2.45, 2.75) is 19.4 Å². The van der Waals surface area contributed by atoms with Gasteiger partial charge in [-0.1, -0.05) is 12.1 Å². The molecule has 5 heteroatoms. The molecule has 1 aliphatic heterocycles. The number of aliphatic carboxylic acids is 1. The number of amides is 1. The SMILES string of the molecule is Cc1cccc(N2CC(=O)N(C)CC2CC(=O)O)c1. The number of aryl methyl sites for hydroxylation is 1. The second-order valence-electron chi connectivity index (χ2n) is 4.99. The fraction of sp³-hybridized carbons (Fsp3) is 0.429. The van der Waals surface area contributed by atoms with Gasteiger partial charge < -0.3 is 14.9 Å². The Labute approximate surface area is 112 Å². The lowest BCUT2D eigenvalue weighted by Crippen LogP contribution is -2.55. The van der Waals surface area contributed by atoms with Crippen molar-refractivity contribution in [2.75, 3.05) is 25.0 Å². The van der Waals surface area contributed by atoms with Crippen LogP contribution in [0.2, 0.25) is 0 Å². The number of hydrogen-bond donors (Lipinski definition) is 1. The standard InChI is InChI=1S/C14H18N2O3/c1-10-4-3-5-11(6-10)16-9-13(17)15(2)8-12(16)7-14(18)19/h3-6,12H,7-9H2,1-2H3,(H,18,19). The average molecular weight is 262 g/mol. The highest BCUT2D eigenvalue weighted by molar-refractivity contribution is 5.83. The lowest BCUT2D eigenvalue weighted by atomic mass is 10.1. The van der Waals surface area contributed by atoms with E-state index in [4.69, 9.17) is 5.11 Å². The highest BCUT2D eigenvalue weighted by atomic mass is 16.4. The molecule has 0 spiro atoms. The highest BCUT2D eigenvalue weighted by Gasteiger charge is 2.31. The van der Waals surface area contributed by atoms with E-state index in [9.17, 15) is 9.59 Å². The van der Waals surface area contributed by atoms with Crippen LogP contribution in [0.5, 0.6) is 0 Å². The number of anilines is 1. The van der Waals surface area contributed by atoms with Crippen molar-refractivity contribution < 1.29 is 14.7 Å². The third kappa shape index (κ3) is 3.05. The quantitative estimate of drug-likeness (QED) is 0.886. The predicted molar refractivity (Wildman–Crippen MR) is 72.2 cm³/mol. The Morgan fingerprint density at radius 1 is 1.47 bits per heavy atom. The number of carbonyl (C=O) groups excluding carboxylic acids is 1. The van der Waals surface area contributed by atoms with E-state index in [1.165, 1.54) is 0 Å². The zero-order valence-corrected chi connectivity index (χ0v) is 11.2. The van der Waals surface area contributed by atoms with E-state index < -0.39 is 5.97 Å². The molecule has 1 atom stereocenters. The van der Waals surface area contributed by atoms with Crippen LogP contribution in [0.1, 0.15) is 12.0 Å². The molecule has 102 valence electrons. The number of carboxylic acid groups (broad SMARTS) is 1. The average Bonchev–Trinajstić information content (AvgIpc) is 2.33. The molecule has 1 aliphatic rings. The van der Waals surface area contributed by atoms with Crippen molar-refractivity contribution in [3.63, 3.8) is 0 Å². The maximum Gasteiger partial charge on any atom is 0.305 e. The lowest BCUT2D eigenvalue weighted by Gasteiger charge is -2.40. The summed E-state index contributed by atoms with van der Waals surface area (Å²) in [7, 11) is 1.71. The minimum absolute atomic E-state index is 0.0168. The molecule has 0 saturated carbocycles. The Kier molecular flexibility index (Phi) is 3.74. The number of nitrogens with zero attached hydrogens (tertiary/aromatic N) is 2. The van der Waals surface area contributed by atoms with Gasteiger partial charge in [0.05, 0.1) is 19.0 Å². The van der Waals surface area contributed by atoms with Gasteiger partial charge in [0, 0.05) is 19.3 Å². The molecule has 1 fully saturated rings. The number of benzene rings is 1. The van der Waals surface area contributed by atoms with Crippen LogP contribution in [-0.2, 0) is 9.59 Å². The molecule has 0 aliphatic carbocycles. The van der Waals surface area contributed by atoms with Gasteiger partial charge in [-0.25, -0.2) is 0 Å². The molecule has 2 rings (SSSR count). The Bertz CT molecular complexity index is 501. The molecule has 5 nitrogen and oxygen atoms in total. The maximum absolute atomic E-state index is 11.8. The fourth-order valence-electron chi connectivity index (χ4n) is 2.40. The van der Waals surface area contributed by atoms with Gasteiger partial charge >= 0.3 is 5.97 Å². The molecule has 1 unspecified atom stereocenters. The first kappa shape index (κ1) is 13.4. The number of carbonyl (C=O) groups is 2. The molecule has 0 aromatic heterocycles. The van der Waals surface area contributed by atoms with Gasteiger partial charge in [-0.3, -0.25) is 9.59 Å². The van der Waals surface area contributed by atoms with Gasteiger partial charge in [0.1, 0.15) is 0 Å². The second kappa shape index (κ2) is 5.30. The van der Waals surface area contributed by atoms with Gasteiger partial charge in [-0.05, 0) is 24.6 Å². The van der Waals surface area contributed by atoms with Gasteiger partial charge in [-0.15, -0.1) is 0 Å². The van der Waals surface area contributed by atoms with Crippen LogP contribution >= 0.6 is 0 Å². The van der Waals surface area contributed by atoms with Gasteiger partial charge in [0.15, 0.2) is 0 Å². The zero-order chi connectivity index (χ0) is 14.0. The summed E-state index contributed by atoms with van der Waals surface area (Å²) in [5, 5.41) is 9.01. The Balaban J connectivity index is 2.27. The summed E-state index contributed by atoms with van der Waals surface area (Å²) in [5.74, 6) is -0.825. The van der Waals surface area contributed by atoms with Crippen LogP contribution in [-0.4, -0.2) is 48.1 Å². The molecule has 1 saturated heterocycles. The van der Waals surface area contributed by atoms with E-state index in [1.807, 2.05) is 36.1 Å². The van der Waals surface area contributed by atoms with E-state index >= 15 is 0 Å². The van der Waals surface area contributed by atoms with Crippen molar-refractivity contribution in [1.29, 1.82) is 0 Å². The summed E-state index contributed by atoms with van der Waals surface area (Å²) < 4.78 is 0. The van der Waals surface area contributed by atoms with Crippen LogP contribution < -0.4 is 4.90 Å². The fourth-order valence-corrected chi connectivity index (χ4v) is 2.40. The summed E-state index contributed by atoms with van der Waals surface area (Å²) in [6, 6.07) is 7.62. The van der Waals surface area contributed by atoms with Crippen molar-refractivity contribution in [1.82, 2.24) is 4.90 Å². The topological polar surface area (TPSA) is 60.9 Å². The molecule has 1 aromatic rings. The molecular formula is C14H18N2O3.